The summed E-state index contributed by atoms with van der Waals surface area (Å²) >= 11 is 6.22. The number of carbonyl (C=O) groups is 1. The first-order valence-corrected chi connectivity index (χ1v) is 12.8. The second-order valence-electron chi connectivity index (χ2n) is 9.19. The summed E-state index contributed by atoms with van der Waals surface area (Å²) in [6.07, 6.45) is 8.63. The fourth-order valence-electron chi connectivity index (χ4n) is 4.35. The van der Waals surface area contributed by atoms with Crippen molar-refractivity contribution in [3.05, 3.63) is 65.1 Å². The highest BCUT2D eigenvalue weighted by atomic mass is 35.5. The number of likely N-dealkylation sites (tertiary alicyclic amines) is 1. The molecule has 0 atom stereocenters. The van der Waals surface area contributed by atoms with Crippen LogP contribution in [0.3, 0.4) is 0 Å². The summed E-state index contributed by atoms with van der Waals surface area (Å²) in [4.78, 5) is 22.5. The predicted molar refractivity (Wildman–Crippen MR) is 138 cm³/mol. The first-order valence-electron chi connectivity index (χ1n) is 12.4. The summed E-state index contributed by atoms with van der Waals surface area (Å²) in [6.45, 7) is 5.69. The van der Waals surface area contributed by atoms with Gasteiger partial charge in [0, 0.05) is 43.6 Å². The average Bonchev–Trinajstić information content (AvgIpc) is 3.40. The molecule has 38 heavy (non-hydrogen) atoms. The summed E-state index contributed by atoms with van der Waals surface area (Å²) in [6, 6.07) is 4.16. The predicted octanol–water partition coefficient (Wildman–Crippen LogP) is 4.36. The van der Waals surface area contributed by atoms with Crippen LogP contribution >= 0.6 is 11.6 Å². The molecule has 2 aromatic rings. The van der Waals surface area contributed by atoms with E-state index in [1.165, 1.54) is 11.1 Å². The Kier molecular flexibility index (Phi) is 9.59. The van der Waals surface area contributed by atoms with E-state index in [-0.39, 0.29) is 12.4 Å². The third-order valence-corrected chi connectivity index (χ3v) is 7.10. The molecule has 0 aliphatic carbocycles. The number of nitrogens with zero attached hydrogens (tertiary/aromatic N) is 6. The number of pyridine rings is 1. The number of ether oxygens (including phenoxy) is 1. The van der Waals surface area contributed by atoms with Crippen LogP contribution in [-0.4, -0.2) is 81.7 Å². The number of hydrogen-bond acceptors (Lipinski definition) is 8. The van der Waals surface area contributed by atoms with E-state index in [4.69, 9.17) is 20.8 Å². The zero-order valence-corrected chi connectivity index (χ0v) is 22.1. The Morgan fingerprint density at radius 3 is 2.55 bits per heavy atom. The SMILES string of the molecule is C\C=C(Cl)/C=C\C(=C\N(C=O)Cc1ccc(-c2nnc(C(F)F)o2)cn1)N(C)C1CCN(C2COC2)CC1. The van der Waals surface area contributed by atoms with Crippen LogP contribution in [0.25, 0.3) is 11.5 Å². The van der Waals surface area contributed by atoms with Crippen molar-refractivity contribution in [1.29, 1.82) is 0 Å². The largest absolute Gasteiger partial charge is 0.415 e. The molecule has 2 aliphatic heterocycles. The second kappa shape index (κ2) is 13.1. The number of rotatable bonds is 11. The number of piperidine rings is 1. The fraction of sp³-hybridized carbons (Fsp3) is 0.462. The fourth-order valence-corrected chi connectivity index (χ4v) is 4.41. The third kappa shape index (κ3) is 7.03. The summed E-state index contributed by atoms with van der Waals surface area (Å²) in [5, 5.41) is 7.55. The first kappa shape index (κ1) is 27.9. The Bertz CT molecular complexity index is 1160. The van der Waals surface area contributed by atoms with Crippen molar-refractivity contribution in [1.82, 2.24) is 29.9 Å². The molecular weight excluding hydrogens is 518 g/mol. The number of hydrogen-bond donors (Lipinski definition) is 0. The zero-order valence-electron chi connectivity index (χ0n) is 21.3. The Hall–Kier alpha value is -3.15. The Balaban J connectivity index is 1.46. The summed E-state index contributed by atoms with van der Waals surface area (Å²) in [5.41, 5.74) is 1.84. The standard InChI is InChI=1S/C26H31ClF2N6O3/c1-3-19(27)5-7-22(33(2)21-8-10-35(11-9-21)23-15-37-16-23)14-34(17-36)13-20-6-4-18(12-30-20)25-31-32-26(38-25)24(28)29/h3-7,12,14,17,21,23-24H,8-11,13,15-16H2,1-2H3/b7-5-,19-3+,22-14-. The van der Waals surface area contributed by atoms with E-state index in [0.717, 1.165) is 51.3 Å². The van der Waals surface area contributed by atoms with Crippen LogP contribution in [0.4, 0.5) is 8.78 Å². The van der Waals surface area contributed by atoms with Gasteiger partial charge in [-0.2, -0.15) is 8.78 Å². The van der Waals surface area contributed by atoms with Crippen LogP contribution in [0.15, 0.2) is 57.9 Å². The molecule has 2 fully saturated rings. The molecule has 0 aromatic carbocycles. The van der Waals surface area contributed by atoms with Crippen LogP contribution in [0.1, 0.15) is 37.8 Å². The maximum Gasteiger partial charge on any atom is 0.314 e. The molecule has 2 aromatic heterocycles. The van der Waals surface area contributed by atoms with E-state index in [2.05, 4.69) is 25.0 Å². The lowest BCUT2D eigenvalue weighted by molar-refractivity contribution is -0.116. The van der Waals surface area contributed by atoms with Gasteiger partial charge in [0.05, 0.1) is 42.8 Å². The van der Waals surface area contributed by atoms with Gasteiger partial charge in [0.25, 0.3) is 5.89 Å². The van der Waals surface area contributed by atoms with Gasteiger partial charge < -0.3 is 19.0 Å². The van der Waals surface area contributed by atoms with Gasteiger partial charge in [0.1, 0.15) is 0 Å². The molecule has 1 amide bonds. The highest BCUT2D eigenvalue weighted by molar-refractivity contribution is 6.31. The molecule has 204 valence electrons. The molecule has 0 radical (unpaired) electrons. The first-order chi connectivity index (χ1) is 18.4. The molecule has 0 unspecified atom stereocenters. The van der Waals surface area contributed by atoms with Crippen molar-refractivity contribution < 1.29 is 22.7 Å². The third-order valence-electron chi connectivity index (χ3n) is 6.76. The summed E-state index contributed by atoms with van der Waals surface area (Å²) < 4.78 is 35.8. The summed E-state index contributed by atoms with van der Waals surface area (Å²) in [5.74, 6) is -0.788. The van der Waals surface area contributed by atoms with Crippen LogP contribution in [-0.2, 0) is 16.1 Å². The lowest BCUT2D eigenvalue weighted by Crippen LogP contribution is -2.54. The Labute approximate surface area is 225 Å². The van der Waals surface area contributed by atoms with Crippen molar-refractivity contribution in [2.24, 2.45) is 0 Å². The van der Waals surface area contributed by atoms with Gasteiger partial charge in [0.15, 0.2) is 0 Å². The van der Waals surface area contributed by atoms with Gasteiger partial charge in [-0.1, -0.05) is 17.7 Å². The van der Waals surface area contributed by atoms with Crippen LogP contribution < -0.4 is 0 Å². The summed E-state index contributed by atoms with van der Waals surface area (Å²) in [7, 11) is 2.03. The molecule has 0 N–H and O–H groups in total. The van der Waals surface area contributed by atoms with E-state index in [0.29, 0.717) is 28.4 Å². The van der Waals surface area contributed by atoms with Crippen molar-refractivity contribution in [3.63, 3.8) is 0 Å². The van der Waals surface area contributed by atoms with Crippen LogP contribution in [0, 0.1) is 0 Å². The number of halogens is 3. The zero-order chi connectivity index (χ0) is 27.1. The van der Waals surface area contributed by atoms with Gasteiger partial charge in [-0.25, -0.2) is 0 Å². The molecule has 0 saturated carbocycles. The average molecular weight is 549 g/mol. The topological polar surface area (TPSA) is 87.8 Å². The Morgan fingerprint density at radius 2 is 2.00 bits per heavy atom. The van der Waals surface area contributed by atoms with Crippen molar-refractivity contribution in [2.75, 3.05) is 33.4 Å². The Morgan fingerprint density at radius 1 is 1.24 bits per heavy atom. The number of amides is 1. The van der Waals surface area contributed by atoms with Crippen molar-refractivity contribution in [2.45, 2.75) is 44.8 Å². The van der Waals surface area contributed by atoms with Crippen molar-refractivity contribution >= 4 is 18.0 Å². The van der Waals surface area contributed by atoms with E-state index < -0.39 is 12.3 Å². The maximum atomic E-state index is 12.7. The molecule has 9 nitrogen and oxygen atoms in total. The quantitative estimate of drug-likeness (QED) is 0.302. The number of alkyl halides is 2. The van der Waals surface area contributed by atoms with Gasteiger partial charge >= 0.3 is 6.43 Å². The molecule has 0 spiro atoms. The van der Waals surface area contributed by atoms with Crippen molar-refractivity contribution in [3.8, 4) is 11.5 Å². The van der Waals surface area contributed by atoms with E-state index in [1.54, 1.807) is 30.5 Å². The molecule has 2 aliphatic rings. The number of aromatic nitrogens is 3. The van der Waals surface area contributed by atoms with Crippen LogP contribution in [0.2, 0.25) is 0 Å². The lowest BCUT2D eigenvalue weighted by atomic mass is 10.0. The minimum atomic E-state index is -2.84. The van der Waals surface area contributed by atoms with Crippen LogP contribution in [0.5, 0.6) is 0 Å². The maximum absolute atomic E-state index is 12.7. The van der Waals surface area contributed by atoms with E-state index in [1.807, 2.05) is 20.0 Å². The van der Waals surface area contributed by atoms with Gasteiger partial charge in [-0.05, 0) is 44.1 Å². The van der Waals surface area contributed by atoms with E-state index in [9.17, 15) is 13.6 Å². The van der Waals surface area contributed by atoms with Gasteiger partial charge in [-0.3, -0.25) is 14.7 Å². The highest BCUT2D eigenvalue weighted by Gasteiger charge is 2.31. The molecular formula is C26H31ClF2N6O3. The second-order valence-corrected chi connectivity index (χ2v) is 9.63. The minimum absolute atomic E-state index is 0.0442. The molecule has 4 heterocycles. The molecule has 0 bridgehead atoms. The normalized spacial score (nSPS) is 18.3. The lowest BCUT2D eigenvalue weighted by Gasteiger charge is -2.44. The van der Waals surface area contributed by atoms with Gasteiger partial charge in [-0.15, -0.1) is 10.2 Å². The molecule has 4 rings (SSSR count). The van der Waals surface area contributed by atoms with Gasteiger partial charge in [0.2, 0.25) is 12.3 Å². The number of likely N-dealkylation sites (N-methyl/N-ethyl adjacent to an activating group) is 1. The number of carbonyl (C=O) groups excluding carboxylic acids is 1. The monoisotopic (exact) mass is 548 g/mol. The minimum Gasteiger partial charge on any atom is -0.415 e. The molecule has 2 saturated heterocycles. The highest BCUT2D eigenvalue weighted by Crippen LogP contribution is 2.25. The van der Waals surface area contributed by atoms with E-state index >= 15 is 0 Å². The molecule has 12 heteroatoms. The smallest absolute Gasteiger partial charge is 0.314 e. The number of allylic oxidation sites excluding steroid dienone is 4.